The van der Waals surface area contributed by atoms with E-state index >= 15 is 0 Å². The fourth-order valence-corrected chi connectivity index (χ4v) is 4.81. The highest BCUT2D eigenvalue weighted by Crippen LogP contribution is 2.26. The predicted octanol–water partition coefficient (Wildman–Crippen LogP) is 2.34. The third kappa shape index (κ3) is 3.24. The number of pyridine rings is 1. The van der Waals surface area contributed by atoms with Gasteiger partial charge in [0.2, 0.25) is 10.0 Å². The van der Waals surface area contributed by atoms with E-state index in [2.05, 4.69) is 23.7 Å². The van der Waals surface area contributed by atoms with E-state index in [1.54, 1.807) is 34.9 Å². The number of fused-ring (bicyclic) bond motifs is 1. The second-order valence-corrected chi connectivity index (χ2v) is 8.15. The summed E-state index contributed by atoms with van der Waals surface area (Å²) in [4.78, 5) is 6.80. The standard InChI is InChI=1S/C17H23N3O2S/c1-14(2)19-9-4-10-20(12-11-19)23(21,22)17-6-3-5-15-13-18-8-7-16(15)17/h3,5-8,13-14H,4,9-12H2,1-2H3. The second-order valence-electron chi connectivity index (χ2n) is 6.24. The molecular formula is C17H23N3O2S. The monoisotopic (exact) mass is 333 g/mol. The predicted molar refractivity (Wildman–Crippen MR) is 91.8 cm³/mol. The molecule has 0 amide bonds. The molecule has 2 aromatic rings. The minimum atomic E-state index is -3.48. The van der Waals surface area contributed by atoms with Crippen LogP contribution in [0.2, 0.25) is 0 Å². The summed E-state index contributed by atoms with van der Waals surface area (Å²) >= 11 is 0. The number of sulfonamides is 1. The molecule has 0 radical (unpaired) electrons. The van der Waals surface area contributed by atoms with E-state index in [9.17, 15) is 8.42 Å². The number of hydrogen-bond donors (Lipinski definition) is 0. The van der Waals surface area contributed by atoms with E-state index in [0.29, 0.717) is 24.0 Å². The molecule has 1 fully saturated rings. The van der Waals surface area contributed by atoms with Gasteiger partial charge in [-0.05, 0) is 38.9 Å². The zero-order chi connectivity index (χ0) is 16.4. The second kappa shape index (κ2) is 6.55. The Morgan fingerprint density at radius 1 is 1.09 bits per heavy atom. The molecule has 6 heteroatoms. The molecule has 124 valence electrons. The van der Waals surface area contributed by atoms with Crippen LogP contribution in [-0.2, 0) is 10.0 Å². The number of benzene rings is 1. The Kier molecular flexibility index (Phi) is 4.66. The highest BCUT2D eigenvalue weighted by molar-refractivity contribution is 7.89. The first-order chi connectivity index (χ1) is 11.0. The highest BCUT2D eigenvalue weighted by atomic mass is 32.2. The van der Waals surface area contributed by atoms with Crippen molar-refractivity contribution in [3.05, 3.63) is 36.7 Å². The summed E-state index contributed by atoms with van der Waals surface area (Å²) in [6.07, 6.45) is 4.21. The number of aromatic nitrogens is 1. The fourth-order valence-electron chi connectivity index (χ4n) is 3.13. The summed E-state index contributed by atoms with van der Waals surface area (Å²) in [5.41, 5.74) is 0. The lowest BCUT2D eigenvalue weighted by atomic mass is 10.2. The first-order valence-corrected chi connectivity index (χ1v) is 9.51. The van der Waals surface area contributed by atoms with Crippen molar-refractivity contribution in [1.29, 1.82) is 0 Å². The van der Waals surface area contributed by atoms with Crippen LogP contribution in [0.5, 0.6) is 0 Å². The van der Waals surface area contributed by atoms with E-state index in [0.717, 1.165) is 30.3 Å². The van der Waals surface area contributed by atoms with Crippen molar-refractivity contribution < 1.29 is 8.42 Å². The van der Waals surface area contributed by atoms with Crippen LogP contribution < -0.4 is 0 Å². The van der Waals surface area contributed by atoms with Gasteiger partial charge in [-0.3, -0.25) is 9.88 Å². The Hall–Kier alpha value is -1.50. The van der Waals surface area contributed by atoms with Gasteiger partial charge in [0.1, 0.15) is 0 Å². The summed E-state index contributed by atoms with van der Waals surface area (Å²) < 4.78 is 27.9. The molecule has 1 aliphatic rings. The summed E-state index contributed by atoms with van der Waals surface area (Å²) in [7, 11) is -3.48. The van der Waals surface area contributed by atoms with Crippen molar-refractivity contribution >= 4 is 20.8 Å². The molecular weight excluding hydrogens is 310 g/mol. The Bertz CT molecular complexity index is 784. The zero-order valence-electron chi connectivity index (χ0n) is 13.6. The van der Waals surface area contributed by atoms with Crippen molar-refractivity contribution in [1.82, 2.24) is 14.2 Å². The molecule has 1 aromatic heterocycles. The number of rotatable bonds is 3. The third-order valence-electron chi connectivity index (χ3n) is 4.48. The maximum absolute atomic E-state index is 13.1. The Balaban J connectivity index is 1.94. The molecule has 1 aliphatic heterocycles. The molecule has 3 rings (SSSR count). The highest BCUT2D eigenvalue weighted by Gasteiger charge is 2.28. The first-order valence-electron chi connectivity index (χ1n) is 8.07. The van der Waals surface area contributed by atoms with Gasteiger partial charge in [0.05, 0.1) is 4.90 Å². The molecule has 0 atom stereocenters. The summed E-state index contributed by atoms with van der Waals surface area (Å²) in [5, 5.41) is 1.60. The van der Waals surface area contributed by atoms with E-state index in [1.807, 2.05) is 6.07 Å². The fraction of sp³-hybridized carbons (Fsp3) is 0.471. The van der Waals surface area contributed by atoms with Gasteiger partial charge in [-0.2, -0.15) is 4.31 Å². The molecule has 23 heavy (non-hydrogen) atoms. The molecule has 0 saturated carbocycles. The molecule has 0 bridgehead atoms. The lowest BCUT2D eigenvalue weighted by Crippen LogP contribution is -2.37. The van der Waals surface area contributed by atoms with Crippen molar-refractivity contribution in [3.8, 4) is 0 Å². The van der Waals surface area contributed by atoms with E-state index in [-0.39, 0.29) is 0 Å². The summed E-state index contributed by atoms with van der Waals surface area (Å²) in [6, 6.07) is 7.60. The lowest BCUT2D eigenvalue weighted by molar-refractivity contribution is 0.233. The topological polar surface area (TPSA) is 53.5 Å². The molecule has 1 saturated heterocycles. The van der Waals surface area contributed by atoms with Crippen molar-refractivity contribution in [2.24, 2.45) is 0 Å². The number of nitrogens with zero attached hydrogens (tertiary/aromatic N) is 3. The molecule has 1 aromatic carbocycles. The lowest BCUT2D eigenvalue weighted by Gasteiger charge is -2.25. The molecule has 5 nitrogen and oxygen atoms in total. The minimum absolute atomic E-state index is 0.385. The smallest absolute Gasteiger partial charge is 0.243 e. The van der Waals surface area contributed by atoms with Crippen LogP contribution in [0.25, 0.3) is 10.8 Å². The largest absolute Gasteiger partial charge is 0.300 e. The van der Waals surface area contributed by atoms with Gasteiger partial charge in [-0.15, -0.1) is 0 Å². The first kappa shape index (κ1) is 16.4. The Labute approximate surface area is 138 Å². The maximum Gasteiger partial charge on any atom is 0.243 e. The van der Waals surface area contributed by atoms with Crippen LogP contribution in [0, 0.1) is 0 Å². The van der Waals surface area contributed by atoms with Crippen LogP contribution in [-0.4, -0.2) is 54.8 Å². The average molecular weight is 333 g/mol. The maximum atomic E-state index is 13.1. The SMILES string of the molecule is CC(C)N1CCCN(S(=O)(=O)c2cccc3cnccc23)CC1. The minimum Gasteiger partial charge on any atom is -0.300 e. The van der Waals surface area contributed by atoms with Crippen molar-refractivity contribution in [3.63, 3.8) is 0 Å². The summed E-state index contributed by atoms with van der Waals surface area (Å²) in [5.74, 6) is 0. The third-order valence-corrected chi connectivity index (χ3v) is 6.44. The van der Waals surface area contributed by atoms with Gasteiger partial charge in [0.15, 0.2) is 0 Å². The van der Waals surface area contributed by atoms with Gasteiger partial charge >= 0.3 is 0 Å². The van der Waals surface area contributed by atoms with Crippen LogP contribution >= 0.6 is 0 Å². The van der Waals surface area contributed by atoms with Crippen LogP contribution in [0.4, 0.5) is 0 Å². The van der Waals surface area contributed by atoms with E-state index in [4.69, 9.17) is 0 Å². The Morgan fingerprint density at radius 2 is 1.91 bits per heavy atom. The summed E-state index contributed by atoms with van der Waals surface area (Å²) in [6.45, 7) is 7.16. The van der Waals surface area contributed by atoms with Crippen LogP contribution in [0.15, 0.2) is 41.6 Å². The molecule has 2 heterocycles. The zero-order valence-corrected chi connectivity index (χ0v) is 14.5. The van der Waals surface area contributed by atoms with E-state index in [1.165, 1.54) is 0 Å². The van der Waals surface area contributed by atoms with Gasteiger partial charge in [-0.1, -0.05) is 12.1 Å². The number of hydrogen-bond acceptors (Lipinski definition) is 4. The van der Waals surface area contributed by atoms with Crippen LogP contribution in [0.3, 0.4) is 0 Å². The molecule has 0 N–H and O–H groups in total. The average Bonchev–Trinajstić information content (AvgIpc) is 2.81. The van der Waals surface area contributed by atoms with Crippen molar-refractivity contribution in [2.75, 3.05) is 26.2 Å². The van der Waals surface area contributed by atoms with E-state index < -0.39 is 10.0 Å². The molecule has 0 unspecified atom stereocenters. The van der Waals surface area contributed by atoms with Crippen LogP contribution in [0.1, 0.15) is 20.3 Å². The quantitative estimate of drug-likeness (QED) is 0.865. The van der Waals surface area contributed by atoms with Crippen molar-refractivity contribution in [2.45, 2.75) is 31.2 Å². The van der Waals surface area contributed by atoms with Gasteiger partial charge in [0, 0.05) is 48.8 Å². The molecule has 0 spiro atoms. The van der Waals surface area contributed by atoms with Gasteiger partial charge in [-0.25, -0.2) is 8.42 Å². The molecule has 0 aliphatic carbocycles. The Morgan fingerprint density at radius 3 is 2.70 bits per heavy atom. The van der Waals surface area contributed by atoms with Gasteiger partial charge in [0.25, 0.3) is 0 Å². The van der Waals surface area contributed by atoms with Gasteiger partial charge < -0.3 is 0 Å². The normalized spacial score (nSPS) is 18.4.